The highest BCUT2D eigenvalue weighted by atomic mass is 35.5. The second kappa shape index (κ2) is 10.6. The van der Waals surface area contributed by atoms with E-state index in [-0.39, 0.29) is 12.4 Å². The number of carbonyl (C=O) groups is 1. The molecule has 7 heteroatoms. The number of rotatable bonds is 7. The largest absolute Gasteiger partial charge is 0.494 e. The van der Waals surface area contributed by atoms with Crippen LogP contribution in [0.5, 0.6) is 5.75 Å². The molecule has 1 aromatic heterocycles. The van der Waals surface area contributed by atoms with Crippen LogP contribution in [0.4, 0.5) is 0 Å². The zero-order valence-electron chi connectivity index (χ0n) is 17.5. The van der Waals surface area contributed by atoms with Crippen LogP contribution in [0.2, 0.25) is 0 Å². The molecule has 0 radical (unpaired) electrons. The molecule has 0 aliphatic rings. The number of hydroxylamine groups is 1. The lowest BCUT2D eigenvalue weighted by atomic mass is 10.1. The van der Waals surface area contributed by atoms with E-state index >= 15 is 0 Å². The third kappa shape index (κ3) is 5.55. The van der Waals surface area contributed by atoms with Crippen molar-refractivity contribution in [2.75, 3.05) is 6.61 Å². The summed E-state index contributed by atoms with van der Waals surface area (Å²) in [6.45, 7) is 2.63. The fourth-order valence-corrected chi connectivity index (χ4v) is 3.39. The smallest absolute Gasteiger partial charge is 0.267 e. The summed E-state index contributed by atoms with van der Waals surface area (Å²) in [7, 11) is 0. The number of fused-ring (bicyclic) bond motifs is 1. The Labute approximate surface area is 192 Å². The fraction of sp³-hybridized carbons (Fsp3) is 0.120. The Morgan fingerprint density at radius 1 is 1.06 bits per heavy atom. The molecular weight excluding hydrogens is 426 g/mol. The molecule has 0 saturated heterocycles. The van der Waals surface area contributed by atoms with E-state index in [1.165, 1.54) is 6.08 Å². The molecule has 4 aromatic rings. The number of ether oxygens (including phenoxy) is 1. The number of carbonyl (C=O) groups excluding carboxylic acids is 1. The highest BCUT2D eigenvalue weighted by molar-refractivity contribution is 5.90. The van der Waals surface area contributed by atoms with E-state index in [9.17, 15) is 4.79 Å². The van der Waals surface area contributed by atoms with Gasteiger partial charge in [-0.1, -0.05) is 42.5 Å². The minimum Gasteiger partial charge on any atom is -0.494 e. The van der Waals surface area contributed by atoms with Crippen LogP contribution >= 0.6 is 12.4 Å². The lowest BCUT2D eigenvalue weighted by Crippen LogP contribution is -2.14. The average molecular weight is 450 g/mol. The van der Waals surface area contributed by atoms with Crippen molar-refractivity contribution in [3.05, 3.63) is 89.8 Å². The van der Waals surface area contributed by atoms with Gasteiger partial charge >= 0.3 is 0 Å². The number of hydrogen-bond acceptors (Lipinski definition) is 4. The third-order valence-corrected chi connectivity index (χ3v) is 4.92. The molecule has 0 spiro atoms. The van der Waals surface area contributed by atoms with Gasteiger partial charge in [-0.25, -0.2) is 10.5 Å². The van der Waals surface area contributed by atoms with Crippen molar-refractivity contribution < 1.29 is 14.7 Å². The van der Waals surface area contributed by atoms with Gasteiger partial charge in [-0.05, 0) is 59.5 Å². The van der Waals surface area contributed by atoms with Crippen molar-refractivity contribution in [2.45, 2.75) is 13.3 Å². The molecule has 4 rings (SSSR count). The van der Waals surface area contributed by atoms with Crippen LogP contribution in [0.3, 0.4) is 0 Å². The summed E-state index contributed by atoms with van der Waals surface area (Å²) in [4.78, 5) is 19.2. The number of nitrogens with zero attached hydrogens (tertiary/aromatic N) is 1. The SMILES string of the molecule is CCOc1ccc(-c2ccc3nc(Cc4ccc(/C=C/C(=O)NO)cc4)[nH]c3c2)cc1.Cl. The lowest BCUT2D eigenvalue weighted by Gasteiger charge is -2.05. The second-order valence-electron chi connectivity index (χ2n) is 7.10. The van der Waals surface area contributed by atoms with Gasteiger partial charge in [0, 0.05) is 12.5 Å². The summed E-state index contributed by atoms with van der Waals surface area (Å²) in [6.07, 6.45) is 3.59. The van der Waals surface area contributed by atoms with E-state index in [0.717, 1.165) is 44.9 Å². The maximum atomic E-state index is 11.1. The zero-order valence-corrected chi connectivity index (χ0v) is 18.4. The number of benzene rings is 3. The van der Waals surface area contributed by atoms with Crippen molar-refractivity contribution >= 4 is 35.4 Å². The van der Waals surface area contributed by atoms with E-state index < -0.39 is 5.91 Å². The normalized spacial score (nSPS) is 10.8. The summed E-state index contributed by atoms with van der Waals surface area (Å²) in [6, 6.07) is 22.1. The van der Waals surface area contributed by atoms with Crippen LogP contribution in [0, 0.1) is 0 Å². The predicted molar refractivity (Wildman–Crippen MR) is 128 cm³/mol. The molecule has 0 unspecified atom stereocenters. The van der Waals surface area contributed by atoms with Gasteiger partial charge in [0.25, 0.3) is 5.91 Å². The molecule has 1 heterocycles. The highest BCUT2D eigenvalue weighted by Crippen LogP contribution is 2.26. The van der Waals surface area contributed by atoms with Gasteiger partial charge in [-0.2, -0.15) is 0 Å². The molecule has 0 atom stereocenters. The molecule has 0 bridgehead atoms. The molecule has 32 heavy (non-hydrogen) atoms. The Hall–Kier alpha value is -3.61. The van der Waals surface area contributed by atoms with Crippen molar-refractivity contribution in [3.8, 4) is 16.9 Å². The third-order valence-electron chi connectivity index (χ3n) is 4.92. The van der Waals surface area contributed by atoms with Gasteiger partial charge in [-0.3, -0.25) is 10.0 Å². The van der Waals surface area contributed by atoms with E-state index in [0.29, 0.717) is 13.0 Å². The maximum absolute atomic E-state index is 11.1. The first-order valence-corrected chi connectivity index (χ1v) is 10.1. The summed E-state index contributed by atoms with van der Waals surface area (Å²) in [5, 5.41) is 8.53. The van der Waals surface area contributed by atoms with Crippen LogP contribution in [0.15, 0.2) is 72.8 Å². The number of hydrogen-bond donors (Lipinski definition) is 3. The van der Waals surface area contributed by atoms with Crippen molar-refractivity contribution in [1.82, 2.24) is 15.4 Å². The number of imidazole rings is 1. The maximum Gasteiger partial charge on any atom is 0.267 e. The minimum absolute atomic E-state index is 0. The Kier molecular flexibility index (Phi) is 7.65. The summed E-state index contributed by atoms with van der Waals surface area (Å²) >= 11 is 0. The van der Waals surface area contributed by atoms with Gasteiger partial charge < -0.3 is 9.72 Å². The molecule has 0 aliphatic heterocycles. The van der Waals surface area contributed by atoms with Crippen LogP contribution in [-0.2, 0) is 11.2 Å². The Morgan fingerprint density at radius 2 is 1.78 bits per heavy atom. The van der Waals surface area contributed by atoms with Gasteiger partial charge in [0.2, 0.25) is 0 Å². The first-order valence-electron chi connectivity index (χ1n) is 10.1. The van der Waals surface area contributed by atoms with Crippen LogP contribution in [0.1, 0.15) is 23.9 Å². The Balaban J connectivity index is 0.00000289. The van der Waals surface area contributed by atoms with E-state index in [1.54, 1.807) is 11.6 Å². The van der Waals surface area contributed by atoms with Crippen LogP contribution in [0.25, 0.3) is 28.2 Å². The molecular formula is C25H24ClN3O3. The molecule has 6 nitrogen and oxygen atoms in total. The van der Waals surface area contributed by atoms with Crippen LogP contribution in [-0.4, -0.2) is 27.7 Å². The monoisotopic (exact) mass is 449 g/mol. The summed E-state index contributed by atoms with van der Waals surface area (Å²) in [5.74, 6) is 1.20. The van der Waals surface area contributed by atoms with Crippen molar-refractivity contribution in [2.24, 2.45) is 0 Å². The molecule has 0 aliphatic carbocycles. The van der Waals surface area contributed by atoms with Crippen molar-refractivity contribution in [3.63, 3.8) is 0 Å². The summed E-state index contributed by atoms with van der Waals surface area (Å²) in [5.41, 5.74) is 7.72. The van der Waals surface area contributed by atoms with Gasteiger partial charge in [-0.15, -0.1) is 12.4 Å². The Bertz CT molecular complexity index is 1220. The average Bonchev–Trinajstić information content (AvgIpc) is 3.20. The number of amides is 1. The van der Waals surface area contributed by atoms with Gasteiger partial charge in [0.1, 0.15) is 11.6 Å². The van der Waals surface area contributed by atoms with E-state index in [1.807, 2.05) is 49.4 Å². The first kappa shape index (κ1) is 23.1. The molecule has 3 N–H and O–H groups in total. The zero-order chi connectivity index (χ0) is 21.6. The van der Waals surface area contributed by atoms with E-state index in [2.05, 4.69) is 29.2 Å². The molecule has 1 amide bonds. The molecule has 0 saturated carbocycles. The van der Waals surface area contributed by atoms with Gasteiger partial charge in [0.15, 0.2) is 0 Å². The minimum atomic E-state index is -0.559. The van der Waals surface area contributed by atoms with Crippen molar-refractivity contribution in [1.29, 1.82) is 0 Å². The quantitative estimate of drug-likeness (QED) is 0.206. The highest BCUT2D eigenvalue weighted by Gasteiger charge is 2.07. The van der Waals surface area contributed by atoms with Crippen LogP contribution < -0.4 is 10.2 Å². The molecule has 164 valence electrons. The fourth-order valence-electron chi connectivity index (χ4n) is 3.39. The topological polar surface area (TPSA) is 87.2 Å². The lowest BCUT2D eigenvalue weighted by molar-refractivity contribution is -0.124. The molecule has 0 fully saturated rings. The summed E-state index contributed by atoms with van der Waals surface area (Å²) < 4.78 is 5.52. The van der Waals surface area contributed by atoms with E-state index in [4.69, 9.17) is 14.9 Å². The number of H-pyrrole nitrogens is 1. The predicted octanol–water partition coefficient (Wildman–Crippen LogP) is 5.16. The standard InChI is InChI=1S/C25H23N3O3.ClH/c1-2-31-21-11-8-19(9-12-21)20-10-13-22-23(16-20)27-24(26-22)15-18-5-3-17(4-6-18)7-14-25(29)28-30;/h3-14,16,30H,2,15H2,1H3,(H,26,27)(H,28,29);1H/b14-7+;. The van der Waals surface area contributed by atoms with Gasteiger partial charge in [0.05, 0.1) is 17.6 Å². The number of aromatic nitrogens is 2. The Morgan fingerprint density at radius 3 is 2.47 bits per heavy atom. The number of halogens is 1. The number of aromatic amines is 1. The first-order chi connectivity index (χ1) is 15.1. The number of nitrogens with one attached hydrogen (secondary N) is 2. The molecule has 3 aromatic carbocycles. The second-order valence-corrected chi connectivity index (χ2v) is 7.10.